The fraction of sp³-hybridized carbons (Fsp3) is 0.917. The largest absolute Gasteiger partial charge is 0.480 e. The summed E-state index contributed by atoms with van der Waals surface area (Å²) in [6.45, 7) is 2.55. The van der Waals surface area contributed by atoms with Crippen LogP contribution in [0.3, 0.4) is 0 Å². The second kappa shape index (κ2) is 4.72. The van der Waals surface area contributed by atoms with Gasteiger partial charge in [-0.1, -0.05) is 6.42 Å². The summed E-state index contributed by atoms with van der Waals surface area (Å²) < 4.78 is 0. The molecule has 0 saturated heterocycles. The van der Waals surface area contributed by atoms with Crippen molar-refractivity contribution in [1.82, 2.24) is 5.32 Å². The molecule has 4 N–H and O–H groups in total. The molecule has 0 aromatic carbocycles. The van der Waals surface area contributed by atoms with Crippen LogP contribution in [0.25, 0.3) is 0 Å². The maximum Gasteiger partial charge on any atom is 0.321 e. The average Bonchev–Trinajstić information content (AvgIpc) is 2.86. The lowest BCUT2D eigenvalue weighted by Gasteiger charge is -2.29. The molecule has 0 spiro atoms. The summed E-state index contributed by atoms with van der Waals surface area (Å²) in [7, 11) is 0. The third-order valence-electron chi connectivity index (χ3n) is 4.41. The summed E-state index contributed by atoms with van der Waals surface area (Å²) in [6.07, 6.45) is 5.48. The molecule has 5 atom stereocenters. The summed E-state index contributed by atoms with van der Waals surface area (Å²) in [6, 6.07) is -0.373. The highest BCUT2D eigenvalue weighted by Crippen LogP contribution is 2.49. The molecule has 0 heterocycles. The topological polar surface area (TPSA) is 75.3 Å². The molecule has 16 heavy (non-hydrogen) atoms. The van der Waals surface area contributed by atoms with E-state index in [2.05, 4.69) is 12.2 Å². The van der Waals surface area contributed by atoms with Gasteiger partial charge >= 0.3 is 5.97 Å². The molecule has 4 heteroatoms. The van der Waals surface area contributed by atoms with E-state index in [1.54, 1.807) is 0 Å². The Morgan fingerprint density at radius 2 is 2.25 bits per heavy atom. The second-order valence-corrected chi connectivity index (χ2v) is 5.48. The van der Waals surface area contributed by atoms with Crippen molar-refractivity contribution in [2.75, 3.05) is 6.54 Å². The lowest BCUT2D eigenvalue weighted by molar-refractivity contribution is -0.138. The maximum absolute atomic E-state index is 10.6. The Balaban J connectivity index is 1.76. The van der Waals surface area contributed by atoms with Gasteiger partial charge in [0.25, 0.3) is 0 Å². The number of hydrogen-bond acceptors (Lipinski definition) is 3. The molecule has 0 aliphatic heterocycles. The van der Waals surface area contributed by atoms with Gasteiger partial charge in [0, 0.05) is 12.6 Å². The van der Waals surface area contributed by atoms with Gasteiger partial charge in [-0.2, -0.15) is 0 Å². The quantitative estimate of drug-likeness (QED) is 0.648. The number of carboxylic acid groups (broad SMARTS) is 1. The Bertz CT molecular complexity index is 270. The number of carbonyl (C=O) groups is 1. The first kappa shape index (κ1) is 11.9. The first-order valence-electron chi connectivity index (χ1n) is 6.29. The van der Waals surface area contributed by atoms with Gasteiger partial charge < -0.3 is 16.2 Å². The predicted octanol–water partition coefficient (Wildman–Crippen LogP) is 0.813. The molecule has 2 aliphatic rings. The minimum Gasteiger partial charge on any atom is -0.480 e. The van der Waals surface area contributed by atoms with Gasteiger partial charge in [-0.3, -0.25) is 4.79 Å². The zero-order valence-corrected chi connectivity index (χ0v) is 9.86. The number of fused-ring (bicyclic) bond motifs is 2. The van der Waals surface area contributed by atoms with Crippen molar-refractivity contribution in [1.29, 1.82) is 0 Å². The van der Waals surface area contributed by atoms with Crippen LogP contribution in [0.15, 0.2) is 0 Å². The number of carboxylic acids is 1. The molecule has 0 aromatic heterocycles. The number of nitrogens with two attached hydrogens (primary N) is 1. The molecule has 2 saturated carbocycles. The van der Waals surface area contributed by atoms with Gasteiger partial charge in [-0.05, 0) is 43.9 Å². The summed E-state index contributed by atoms with van der Waals surface area (Å²) in [5.41, 5.74) is 5.48. The molecule has 92 valence electrons. The van der Waals surface area contributed by atoms with Crippen LogP contribution in [0.2, 0.25) is 0 Å². The zero-order valence-electron chi connectivity index (χ0n) is 9.86. The smallest absolute Gasteiger partial charge is 0.321 e. The van der Waals surface area contributed by atoms with Gasteiger partial charge in [0.15, 0.2) is 0 Å². The Hall–Kier alpha value is -0.610. The van der Waals surface area contributed by atoms with Crippen LogP contribution in [-0.2, 0) is 4.79 Å². The van der Waals surface area contributed by atoms with E-state index < -0.39 is 12.0 Å². The van der Waals surface area contributed by atoms with Crippen molar-refractivity contribution < 1.29 is 9.90 Å². The van der Waals surface area contributed by atoms with E-state index in [0.29, 0.717) is 12.6 Å². The molecular weight excluding hydrogens is 204 g/mol. The van der Waals surface area contributed by atoms with Gasteiger partial charge in [0.05, 0.1) is 0 Å². The molecule has 2 rings (SSSR count). The van der Waals surface area contributed by atoms with Crippen molar-refractivity contribution >= 4 is 5.97 Å². The lowest BCUT2D eigenvalue weighted by Crippen LogP contribution is -2.46. The minimum absolute atomic E-state index is 0.379. The van der Waals surface area contributed by atoms with E-state index in [9.17, 15) is 4.79 Å². The molecule has 2 aliphatic carbocycles. The van der Waals surface area contributed by atoms with Crippen molar-refractivity contribution in [3.8, 4) is 0 Å². The Morgan fingerprint density at radius 3 is 2.75 bits per heavy atom. The normalized spacial score (nSPS) is 36.2. The number of nitrogens with one attached hydrogen (secondary N) is 1. The predicted molar refractivity (Wildman–Crippen MR) is 62.0 cm³/mol. The van der Waals surface area contributed by atoms with Crippen LogP contribution < -0.4 is 11.1 Å². The summed E-state index contributed by atoms with van der Waals surface area (Å²) in [5.74, 6) is 1.62. The van der Waals surface area contributed by atoms with E-state index in [0.717, 1.165) is 17.8 Å². The van der Waals surface area contributed by atoms with Gasteiger partial charge in [-0.15, -0.1) is 0 Å². The Kier molecular flexibility index (Phi) is 3.50. The number of rotatable bonds is 5. The van der Waals surface area contributed by atoms with Gasteiger partial charge in [-0.25, -0.2) is 0 Å². The highest BCUT2D eigenvalue weighted by molar-refractivity contribution is 5.73. The van der Waals surface area contributed by atoms with E-state index in [4.69, 9.17) is 10.8 Å². The Morgan fingerprint density at radius 1 is 1.50 bits per heavy atom. The molecule has 5 unspecified atom stereocenters. The van der Waals surface area contributed by atoms with Gasteiger partial charge in [0.1, 0.15) is 6.04 Å². The third kappa shape index (κ3) is 2.38. The minimum atomic E-state index is -0.923. The standard InChI is InChI=1S/C12H22N2O2/c1-7(14-6-11(13)12(15)16)10-5-8-2-3-9(10)4-8/h7-11,14H,2-6,13H2,1H3,(H,15,16). The molecule has 0 radical (unpaired) electrons. The van der Waals surface area contributed by atoms with Crippen molar-refractivity contribution in [2.24, 2.45) is 23.5 Å². The Labute approximate surface area is 96.6 Å². The lowest BCUT2D eigenvalue weighted by atomic mass is 9.84. The second-order valence-electron chi connectivity index (χ2n) is 5.48. The zero-order chi connectivity index (χ0) is 11.7. The highest BCUT2D eigenvalue weighted by atomic mass is 16.4. The number of aliphatic carboxylic acids is 1. The highest BCUT2D eigenvalue weighted by Gasteiger charge is 2.41. The molecule has 2 fully saturated rings. The first-order chi connectivity index (χ1) is 7.58. The third-order valence-corrected chi connectivity index (χ3v) is 4.41. The van der Waals surface area contributed by atoms with Crippen LogP contribution in [0.1, 0.15) is 32.6 Å². The molecule has 4 nitrogen and oxygen atoms in total. The summed E-state index contributed by atoms with van der Waals surface area (Å²) >= 11 is 0. The molecule has 0 aromatic rings. The monoisotopic (exact) mass is 226 g/mol. The van der Waals surface area contributed by atoms with E-state index >= 15 is 0 Å². The molecular formula is C12H22N2O2. The molecule has 0 amide bonds. The van der Waals surface area contributed by atoms with Crippen LogP contribution in [0.4, 0.5) is 0 Å². The van der Waals surface area contributed by atoms with Crippen molar-refractivity contribution in [3.63, 3.8) is 0 Å². The molecule has 2 bridgehead atoms. The summed E-state index contributed by atoms with van der Waals surface area (Å²) in [4.78, 5) is 10.6. The van der Waals surface area contributed by atoms with Crippen molar-refractivity contribution in [3.05, 3.63) is 0 Å². The van der Waals surface area contributed by atoms with Crippen LogP contribution in [0.5, 0.6) is 0 Å². The van der Waals surface area contributed by atoms with E-state index in [-0.39, 0.29) is 0 Å². The summed E-state index contributed by atoms with van der Waals surface area (Å²) in [5, 5.41) is 12.0. The number of hydrogen-bond donors (Lipinski definition) is 3. The van der Waals surface area contributed by atoms with Crippen LogP contribution in [0, 0.1) is 17.8 Å². The fourth-order valence-electron chi connectivity index (χ4n) is 3.46. The van der Waals surface area contributed by atoms with E-state index in [1.165, 1.54) is 25.7 Å². The van der Waals surface area contributed by atoms with Crippen LogP contribution in [-0.4, -0.2) is 29.7 Å². The fourth-order valence-corrected chi connectivity index (χ4v) is 3.46. The average molecular weight is 226 g/mol. The van der Waals surface area contributed by atoms with Crippen LogP contribution >= 0.6 is 0 Å². The van der Waals surface area contributed by atoms with Gasteiger partial charge in [0.2, 0.25) is 0 Å². The first-order valence-corrected chi connectivity index (χ1v) is 6.29. The van der Waals surface area contributed by atoms with Crippen molar-refractivity contribution in [2.45, 2.75) is 44.7 Å². The SMILES string of the molecule is CC(NCC(N)C(=O)O)C1CC2CCC1C2. The maximum atomic E-state index is 10.6. The van der Waals surface area contributed by atoms with E-state index in [1.807, 2.05) is 0 Å².